The molecular weight excluding hydrogens is 104 g/mol. The van der Waals surface area contributed by atoms with Crippen LogP contribution in [-0.4, -0.2) is 19.0 Å². The van der Waals surface area contributed by atoms with Crippen LogP contribution in [0, 0.1) is 5.92 Å². The summed E-state index contributed by atoms with van der Waals surface area (Å²) in [5, 5.41) is 0. The van der Waals surface area contributed by atoms with Crippen molar-refractivity contribution in [3.63, 3.8) is 0 Å². The summed E-state index contributed by atoms with van der Waals surface area (Å²) in [5.74, 6) is 0.437. The van der Waals surface area contributed by atoms with Gasteiger partial charge >= 0.3 is 0 Å². The van der Waals surface area contributed by atoms with Crippen LogP contribution in [0.1, 0.15) is 13.3 Å². The summed E-state index contributed by atoms with van der Waals surface area (Å²) in [4.78, 5) is 9.89. The Morgan fingerprint density at radius 3 is 3.00 bits per heavy atom. The Kier molecular flexibility index (Phi) is 1.63. The Morgan fingerprint density at radius 2 is 2.62 bits per heavy atom. The number of carbonyl (C=O) groups excluding carboxylic acids is 1. The highest BCUT2D eigenvalue weighted by Gasteiger charge is 2.28. The second kappa shape index (κ2) is 2.27. The highest BCUT2D eigenvalue weighted by atomic mass is 16.6. The number of ether oxygens (including phenoxy) is 1. The summed E-state index contributed by atoms with van der Waals surface area (Å²) in [7, 11) is 0. The van der Waals surface area contributed by atoms with Gasteiger partial charge in [-0.15, -0.1) is 0 Å². The molecule has 0 amide bonds. The molecule has 46 valence electrons. The monoisotopic (exact) mass is 114 g/mol. The van der Waals surface area contributed by atoms with Crippen molar-refractivity contribution >= 4 is 6.29 Å². The van der Waals surface area contributed by atoms with Gasteiger partial charge in [0.25, 0.3) is 0 Å². The largest absolute Gasteiger partial charge is 0.373 e. The van der Waals surface area contributed by atoms with E-state index in [1.165, 1.54) is 0 Å². The predicted octanol–water partition coefficient (Wildman–Crippen LogP) is 0.610. The molecule has 0 aromatic rings. The first kappa shape index (κ1) is 5.76. The molecule has 0 aliphatic carbocycles. The number of hydrogen-bond donors (Lipinski definition) is 0. The number of carbonyl (C=O) groups is 1. The van der Waals surface area contributed by atoms with Crippen LogP contribution >= 0.6 is 0 Å². The van der Waals surface area contributed by atoms with Gasteiger partial charge in [0.2, 0.25) is 0 Å². The van der Waals surface area contributed by atoms with E-state index in [9.17, 15) is 4.79 Å². The van der Waals surface area contributed by atoms with Crippen LogP contribution in [0.3, 0.4) is 0 Å². The van der Waals surface area contributed by atoms with Crippen LogP contribution in [0.25, 0.3) is 0 Å². The summed E-state index contributed by atoms with van der Waals surface area (Å²) < 4.78 is 4.96. The maximum atomic E-state index is 9.89. The first-order valence-corrected chi connectivity index (χ1v) is 2.90. The summed E-state index contributed by atoms with van der Waals surface area (Å²) in [5.41, 5.74) is 0. The maximum absolute atomic E-state index is 9.89. The van der Waals surface area contributed by atoms with Crippen LogP contribution in [0.5, 0.6) is 0 Å². The smallest absolute Gasteiger partial charge is 0.120 e. The summed E-state index contributed by atoms with van der Waals surface area (Å²) in [6.07, 6.45) is 1.98. The maximum Gasteiger partial charge on any atom is 0.120 e. The van der Waals surface area contributed by atoms with Crippen molar-refractivity contribution in [1.82, 2.24) is 0 Å². The zero-order valence-corrected chi connectivity index (χ0v) is 4.96. The van der Waals surface area contributed by atoms with Crippen molar-refractivity contribution in [2.75, 3.05) is 6.61 Å². The van der Waals surface area contributed by atoms with E-state index in [1.54, 1.807) is 0 Å². The quantitative estimate of drug-likeness (QED) is 0.397. The lowest BCUT2D eigenvalue weighted by Gasteiger charge is -1.98. The fourth-order valence-corrected chi connectivity index (χ4v) is 0.688. The van der Waals surface area contributed by atoms with E-state index in [2.05, 4.69) is 0 Å². The van der Waals surface area contributed by atoms with Gasteiger partial charge in [-0.2, -0.15) is 0 Å². The Labute approximate surface area is 48.8 Å². The van der Waals surface area contributed by atoms with Gasteiger partial charge in [-0.1, -0.05) is 6.92 Å². The number of epoxide rings is 1. The van der Waals surface area contributed by atoms with E-state index in [1.807, 2.05) is 6.92 Å². The molecule has 0 bridgehead atoms. The van der Waals surface area contributed by atoms with E-state index in [-0.39, 0.29) is 0 Å². The van der Waals surface area contributed by atoms with E-state index in [4.69, 9.17) is 4.74 Å². The molecule has 0 N–H and O–H groups in total. The average Bonchev–Trinajstić information content (AvgIpc) is 2.45. The molecule has 1 aliphatic heterocycles. The Morgan fingerprint density at radius 1 is 2.00 bits per heavy atom. The normalized spacial score (nSPS) is 29.4. The second-order valence-electron chi connectivity index (χ2n) is 2.25. The van der Waals surface area contributed by atoms with Gasteiger partial charge in [0.15, 0.2) is 0 Å². The van der Waals surface area contributed by atoms with Crippen LogP contribution in [0.4, 0.5) is 0 Å². The van der Waals surface area contributed by atoms with Gasteiger partial charge in [-0.05, 0) is 5.92 Å². The molecule has 1 rings (SSSR count). The van der Waals surface area contributed by atoms with Crippen LogP contribution in [0.2, 0.25) is 0 Å². The van der Waals surface area contributed by atoms with Crippen molar-refractivity contribution in [2.24, 2.45) is 5.92 Å². The van der Waals surface area contributed by atoms with Gasteiger partial charge < -0.3 is 9.53 Å². The van der Waals surface area contributed by atoms with Crippen LogP contribution in [0.15, 0.2) is 0 Å². The molecule has 0 spiro atoms. The molecule has 0 aromatic heterocycles. The van der Waals surface area contributed by atoms with Crippen LogP contribution < -0.4 is 0 Å². The lowest BCUT2D eigenvalue weighted by atomic mass is 10.1. The van der Waals surface area contributed by atoms with Crippen molar-refractivity contribution < 1.29 is 9.53 Å². The van der Waals surface area contributed by atoms with E-state index < -0.39 is 0 Å². The SMILES string of the molecule is CC(CC=O)C1CO1. The first-order valence-electron chi connectivity index (χ1n) is 2.90. The molecule has 1 aliphatic rings. The van der Waals surface area contributed by atoms with Gasteiger partial charge in [0.05, 0.1) is 12.7 Å². The first-order chi connectivity index (χ1) is 3.84. The Bertz CT molecular complexity index is 86.5. The lowest BCUT2D eigenvalue weighted by Crippen LogP contribution is -2.02. The third-order valence-corrected chi connectivity index (χ3v) is 1.46. The van der Waals surface area contributed by atoms with Crippen molar-refractivity contribution in [1.29, 1.82) is 0 Å². The molecule has 1 saturated heterocycles. The average molecular weight is 114 g/mol. The molecule has 2 nitrogen and oxygen atoms in total. The third-order valence-electron chi connectivity index (χ3n) is 1.46. The number of hydrogen-bond acceptors (Lipinski definition) is 2. The van der Waals surface area contributed by atoms with Gasteiger partial charge in [0.1, 0.15) is 6.29 Å². The molecule has 0 saturated carbocycles. The third kappa shape index (κ3) is 1.30. The standard InChI is InChI=1S/C6H10O2/c1-5(2-3-7)6-4-8-6/h3,5-6H,2,4H2,1H3. The van der Waals surface area contributed by atoms with Crippen LogP contribution in [-0.2, 0) is 9.53 Å². The predicted molar refractivity (Wildman–Crippen MR) is 29.6 cm³/mol. The Balaban J connectivity index is 2.12. The van der Waals surface area contributed by atoms with E-state index in [0.29, 0.717) is 18.4 Å². The fourth-order valence-electron chi connectivity index (χ4n) is 0.688. The highest BCUT2D eigenvalue weighted by Crippen LogP contribution is 2.21. The highest BCUT2D eigenvalue weighted by molar-refractivity contribution is 5.49. The number of aldehydes is 1. The summed E-state index contributed by atoms with van der Waals surface area (Å²) >= 11 is 0. The van der Waals surface area contributed by atoms with Crippen molar-refractivity contribution in [2.45, 2.75) is 19.4 Å². The molecule has 0 aromatic carbocycles. The minimum Gasteiger partial charge on any atom is -0.373 e. The summed E-state index contributed by atoms with van der Waals surface area (Å²) in [6.45, 7) is 2.89. The minimum absolute atomic E-state index is 0.389. The zero-order chi connectivity index (χ0) is 5.98. The Hall–Kier alpha value is -0.370. The molecule has 1 fully saturated rings. The summed E-state index contributed by atoms with van der Waals surface area (Å²) in [6, 6.07) is 0. The lowest BCUT2D eigenvalue weighted by molar-refractivity contribution is -0.108. The molecule has 0 radical (unpaired) electrons. The van der Waals surface area contributed by atoms with Gasteiger partial charge in [-0.3, -0.25) is 0 Å². The molecule has 8 heavy (non-hydrogen) atoms. The zero-order valence-electron chi connectivity index (χ0n) is 4.96. The minimum atomic E-state index is 0.389. The van der Waals surface area contributed by atoms with Crippen molar-refractivity contribution in [3.05, 3.63) is 0 Å². The molecule has 2 unspecified atom stereocenters. The molecule has 2 heteroatoms. The fraction of sp³-hybridized carbons (Fsp3) is 0.833. The molecule has 2 atom stereocenters. The van der Waals surface area contributed by atoms with Gasteiger partial charge in [0, 0.05) is 6.42 Å². The second-order valence-corrected chi connectivity index (χ2v) is 2.25. The van der Waals surface area contributed by atoms with E-state index in [0.717, 1.165) is 12.9 Å². The molecular formula is C6H10O2. The van der Waals surface area contributed by atoms with Gasteiger partial charge in [-0.25, -0.2) is 0 Å². The van der Waals surface area contributed by atoms with Crippen molar-refractivity contribution in [3.8, 4) is 0 Å². The molecule has 1 heterocycles. The number of rotatable bonds is 3. The topological polar surface area (TPSA) is 29.6 Å². The van der Waals surface area contributed by atoms with E-state index >= 15 is 0 Å².